The van der Waals surface area contributed by atoms with Gasteiger partial charge in [0.05, 0.1) is 0 Å². The van der Waals surface area contributed by atoms with E-state index in [2.05, 4.69) is 48.5 Å². The maximum atomic E-state index is 2.56. The molecule has 0 heterocycles. The number of rotatable bonds is 8. The van der Waals surface area contributed by atoms with Gasteiger partial charge in [-0.15, -0.1) is 0 Å². The normalized spacial score (nSPS) is 30.4. The first-order chi connectivity index (χ1) is 9.90. The van der Waals surface area contributed by atoms with Gasteiger partial charge in [-0.05, 0) is 54.3 Å². The van der Waals surface area contributed by atoms with Gasteiger partial charge in [0.25, 0.3) is 0 Å². The summed E-state index contributed by atoms with van der Waals surface area (Å²) in [5, 5.41) is 0. The van der Waals surface area contributed by atoms with Gasteiger partial charge in [-0.1, -0.05) is 80.6 Å². The minimum absolute atomic E-state index is 0.875. The highest BCUT2D eigenvalue weighted by atomic mass is 14.4. The van der Waals surface area contributed by atoms with Gasteiger partial charge in [0.2, 0.25) is 0 Å². The summed E-state index contributed by atoms with van der Waals surface area (Å²) in [5.41, 5.74) is 0. The highest BCUT2D eigenvalue weighted by Gasteiger charge is 2.32. The predicted octanol–water partition coefficient (Wildman–Crippen LogP) is 7.18. The molecular weight excluding hydrogens is 252 g/mol. The summed E-state index contributed by atoms with van der Waals surface area (Å²) >= 11 is 0. The van der Waals surface area contributed by atoms with Gasteiger partial charge in [-0.2, -0.15) is 0 Å². The zero-order chi connectivity index (χ0) is 16.0. The second-order valence-corrected chi connectivity index (χ2v) is 8.50. The third-order valence-corrected chi connectivity index (χ3v) is 7.20. The molecule has 0 radical (unpaired) electrons. The molecule has 0 aromatic carbocycles. The molecule has 1 aliphatic rings. The molecular formula is C21H42. The van der Waals surface area contributed by atoms with E-state index in [4.69, 9.17) is 0 Å². The third kappa shape index (κ3) is 5.61. The van der Waals surface area contributed by atoms with Crippen molar-refractivity contribution in [2.45, 2.75) is 93.4 Å². The fourth-order valence-corrected chi connectivity index (χ4v) is 4.56. The molecule has 0 aromatic rings. The van der Waals surface area contributed by atoms with Gasteiger partial charge < -0.3 is 0 Å². The van der Waals surface area contributed by atoms with Crippen LogP contribution in [-0.4, -0.2) is 0 Å². The Morgan fingerprint density at radius 3 is 2.10 bits per heavy atom. The first-order valence-electron chi connectivity index (χ1n) is 9.90. The molecule has 0 amide bonds. The topological polar surface area (TPSA) is 0 Å². The Bertz CT molecular complexity index is 269. The molecule has 0 heteroatoms. The van der Waals surface area contributed by atoms with Crippen LogP contribution in [0.2, 0.25) is 0 Å². The van der Waals surface area contributed by atoms with Crippen molar-refractivity contribution in [2.24, 2.45) is 41.4 Å². The fraction of sp³-hybridized carbons (Fsp3) is 1.00. The van der Waals surface area contributed by atoms with E-state index in [9.17, 15) is 0 Å². The van der Waals surface area contributed by atoms with Crippen LogP contribution in [-0.2, 0) is 0 Å². The maximum absolute atomic E-state index is 2.56. The monoisotopic (exact) mass is 294 g/mol. The van der Waals surface area contributed by atoms with Crippen LogP contribution in [0, 0.1) is 41.4 Å². The smallest absolute Gasteiger partial charge is 0.0383 e. The van der Waals surface area contributed by atoms with E-state index in [1.165, 1.54) is 44.9 Å². The van der Waals surface area contributed by atoms with Crippen LogP contribution in [0.1, 0.15) is 93.4 Å². The summed E-state index contributed by atoms with van der Waals surface area (Å²) in [4.78, 5) is 0. The molecule has 0 saturated heterocycles. The summed E-state index contributed by atoms with van der Waals surface area (Å²) < 4.78 is 0. The first-order valence-corrected chi connectivity index (χ1v) is 9.90. The van der Waals surface area contributed by atoms with Crippen molar-refractivity contribution in [3.8, 4) is 0 Å². The molecule has 0 nitrogen and oxygen atoms in total. The van der Waals surface area contributed by atoms with Crippen LogP contribution in [0.4, 0.5) is 0 Å². The van der Waals surface area contributed by atoms with Gasteiger partial charge in [0, 0.05) is 0 Å². The van der Waals surface area contributed by atoms with Crippen LogP contribution < -0.4 is 0 Å². The summed E-state index contributed by atoms with van der Waals surface area (Å²) in [6.45, 7) is 17.2. The lowest BCUT2D eigenvalue weighted by molar-refractivity contribution is 0.108. The standard InChI is InChI=1S/C21H42/c1-8-15(3)13-20-11-10-12-21(14-20)19(7)18(6)17(5)16(4)9-2/h15-21H,8-14H2,1-7H3. The molecule has 0 aromatic heterocycles. The Morgan fingerprint density at radius 1 is 0.857 bits per heavy atom. The summed E-state index contributed by atoms with van der Waals surface area (Å²) in [5.74, 6) is 6.49. The molecule has 7 unspecified atom stereocenters. The van der Waals surface area contributed by atoms with Crippen LogP contribution in [0.3, 0.4) is 0 Å². The van der Waals surface area contributed by atoms with Crippen molar-refractivity contribution < 1.29 is 0 Å². The van der Waals surface area contributed by atoms with Crippen molar-refractivity contribution in [1.29, 1.82) is 0 Å². The molecule has 0 aliphatic heterocycles. The molecule has 0 bridgehead atoms. The maximum Gasteiger partial charge on any atom is -0.0383 e. The highest BCUT2D eigenvalue weighted by molar-refractivity contribution is 4.82. The van der Waals surface area contributed by atoms with Crippen molar-refractivity contribution in [3.05, 3.63) is 0 Å². The van der Waals surface area contributed by atoms with Crippen LogP contribution in [0.5, 0.6) is 0 Å². The molecule has 126 valence electrons. The third-order valence-electron chi connectivity index (χ3n) is 7.20. The molecule has 1 aliphatic carbocycles. The second-order valence-electron chi connectivity index (χ2n) is 8.50. The van der Waals surface area contributed by atoms with Crippen molar-refractivity contribution in [1.82, 2.24) is 0 Å². The van der Waals surface area contributed by atoms with E-state index >= 15 is 0 Å². The molecule has 7 atom stereocenters. The van der Waals surface area contributed by atoms with Gasteiger partial charge in [-0.25, -0.2) is 0 Å². The van der Waals surface area contributed by atoms with Crippen LogP contribution >= 0.6 is 0 Å². The molecule has 1 rings (SSSR count). The highest BCUT2D eigenvalue weighted by Crippen LogP contribution is 2.42. The van der Waals surface area contributed by atoms with E-state index in [1.54, 1.807) is 0 Å². The minimum Gasteiger partial charge on any atom is -0.0651 e. The van der Waals surface area contributed by atoms with Crippen LogP contribution in [0.15, 0.2) is 0 Å². The average molecular weight is 295 g/mol. The van der Waals surface area contributed by atoms with E-state index < -0.39 is 0 Å². The Hall–Kier alpha value is 0. The van der Waals surface area contributed by atoms with E-state index in [-0.39, 0.29) is 0 Å². The Balaban J connectivity index is 2.54. The average Bonchev–Trinajstić information content (AvgIpc) is 2.51. The molecule has 0 spiro atoms. The second kappa shape index (κ2) is 9.21. The molecule has 21 heavy (non-hydrogen) atoms. The van der Waals surface area contributed by atoms with Gasteiger partial charge in [0.15, 0.2) is 0 Å². The summed E-state index contributed by atoms with van der Waals surface area (Å²) in [6, 6.07) is 0. The Labute approximate surface area is 135 Å². The van der Waals surface area contributed by atoms with Crippen molar-refractivity contribution >= 4 is 0 Å². The first kappa shape index (κ1) is 19.0. The Kier molecular flexibility index (Phi) is 8.35. The zero-order valence-corrected chi connectivity index (χ0v) is 16.0. The summed E-state index contributed by atoms with van der Waals surface area (Å²) in [7, 11) is 0. The van der Waals surface area contributed by atoms with Crippen molar-refractivity contribution in [2.75, 3.05) is 0 Å². The van der Waals surface area contributed by atoms with Crippen LogP contribution in [0.25, 0.3) is 0 Å². The lowest BCUT2D eigenvalue weighted by atomic mass is 9.66. The molecule has 0 N–H and O–H groups in total. The van der Waals surface area contributed by atoms with Gasteiger partial charge >= 0.3 is 0 Å². The van der Waals surface area contributed by atoms with E-state index in [0.29, 0.717) is 0 Å². The van der Waals surface area contributed by atoms with E-state index in [1.807, 2.05) is 0 Å². The van der Waals surface area contributed by atoms with Crippen molar-refractivity contribution in [3.63, 3.8) is 0 Å². The fourth-order valence-electron chi connectivity index (χ4n) is 4.56. The number of hydrogen-bond acceptors (Lipinski definition) is 0. The molecule has 1 saturated carbocycles. The Morgan fingerprint density at radius 2 is 1.52 bits per heavy atom. The lowest BCUT2D eigenvalue weighted by Crippen LogP contribution is -2.30. The largest absolute Gasteiger partial charge is 0.0651 e. The molecule has 1 fully saturated rings. The zero-order valence-electron chi connectivity index (χ0n) is 16.0. The van der Waals surface area contributed by atoms with Gasteiger partial charge in [0.1, 0.15) is 0 Å². The quantitative estimate of drug-likeness (QED) is 0.444. The summed E-state index contributed by atoms with van der Waals surface area (Å²) in [6.07, 6.45) is 10.2. The minimum atomic E-state index is 0.875. The number of hydrogen-bond donors (Lipinski definition) is 0. The SMILES string of the molecule is CCC(C)CC1CCCC(C(C)C(C)C(C)C(C)CC)C1. The van der Waals surface area contributed by atoms with E-state index in [0.717, 1.165) is 41.4 Å². The lowest BCUT2D eigenvalue weighted by Gasteiger charge is -2.39. The van der Waals surface area contributed by atoms with Gasteiger partial charge in [-0.3, -0.25) is 0 Å². The predicted molar refractivity (Wildman–Crippen MR) is 96.5 cm³/mol.